The highest BCUT2D eigenvalue weighted by atomic mass is 16.1. The molecule has 0 aromatic carbocycles. The summed E-state index contributed by atoms with van der Waals surface area (Å²) in [6.45, 7) is 2.02. The van der Waals surface area contributed by atoms with E-state index in [9.17, 15) is 4.79 Å². The molecule has 0 unspecified atom stereocenters. The minimum Gasteiger partial charge on any atom is -0.303 e. The number of unbranched alkanes of at least 4 members (excludes halogenated alkanes) is 5. The van der Waals surface area contributed by atoms with Crippen LogP contribution < -0.4 is 0 Å². The first-order valence-corrected chi connectivity index (χ1v) is 5.13. The summed E-state index contributed by atoms with van der Waals surface area (Å²) in [5, 5.41) is 0. The molecule has 0 amide bonds. The fourth-order valence-corrected chi connectivity index (χ4v) is 1.13. The van der Waals surface area contributed by atoms with E-state index in [1.807, 2.05) is 19.1 Å². The molecule has 0 aromatic rings. The van der Waals surface area contributed by atoms with E-state index in [4.69, 9.17) is 0 Å². The Morgan fingerprint density at radius 3 is 2.23 bits per heavy atom. The van der Waals surface area contributed by atoms with Gasteiger partial charge >= 0.3 is 0 Å². The molecule has 0 aliphatic heterocycles. The van der Waals surface area contributed by atoms with Crippen LogP contribution in [0, 0.1) is 0 Å². The Bertz CT molecular complexity index is 157. The third-order valence-corrected chi connectivity index (χ3v) is 1.88. The number of hydrogen-bond acceptors (Lipinski definition) is 1. The fourth-order valence-electron chi connectivity index (χ4n) is 1.13. The van der Waals surface area contributed by atoms with Crippen molar-refractivity contribution in [3.8, 4) is 0 Å². The molecule has 0 saturated carbocycles. The summed E-state index contributed by atoms with van der Waals surface area (Å²) in [6, 6.07) is 0. The second-order valence-corrected chi connectivity index (χ2v) is 3.11. The quantitative estimate of drug-likeness (QED) is 0.316. The molecule has 13 heavy (non-hydrogen) atoms. The smallest absolute Gasteiger partial charge is 0.119 e. The van der Waals surface area contributed by atoms with E-state index in [1.165, 1.54) is 19.3 Å². The van der Waals surface area contributed by atoms with Crippen molar-refractivity contribution in [2.75, 3.05) is 0 Å². The van der Waals surface area contributed by atoms with Crippen LogP contribution in [-0.4, -0.2) is 6.29 Å². The number of rotatable bonds is 8. The molecule has 0 spiro atoms. The van der Waals surface area contributed by atoms with Crippen LogP contribution in [0.5, 0.6) is 0 Å². The van der Waals surface area contributed by atoms with Gasteiger partial charge in [0.1, 0.15) is 6.29 Å². The van der Waals surface area contributed by atoms with Gasteiger partial charge in [0.25, 0.3) is 0 Å². The molecule has 0 fully saturated rings. The van der Waals surface area contributed by atoms with Crippen molar-refractivity contribution in [2.45, 2.75) is 45.4 Å². The highest BCUT2D eigenvalue weighted by molar-refractivity contribution is 5.48. The lowest BCUT2D eigenvalue weighted by Crippen LogP contribution is -1.78. The van der Waals surface area contributed by atoms with Gasteiger partial charge in [-0.1, -0.05) is 37.1 Å². The molecule has 0 atom stereocenters. The average molecular weight is 180 g/mol. The number of hydrogen-bond donors (Lipinski definition) is 0. The van der Waals surface area contributed by atoms with Crippen LogP contribution in [0.3, 0.4) is 0 Å². The molecular formula is C12H20O. The van der Waals surface area contributed by atoms with Gasteiger partial charge in [0.05, 0.1) is 0 Å². The fraction of sp³-hybridized carbons (Fsp3) is 0.583. The topological polar surface area (TPSA) is 17.1 Å². The Kier molecular flexibility index (Phi) is 10.4. The summed E-state index contributed by atoms with van der Waals surface area (Å²) >= 11 is 0. The zero-order valence-electron chi connectivity index (χ0n) is 8.54. The van der Waals surface area contributed by atoms with Crippen LogP contribution >= 0.6 is 0 Å². The zero-order chi connectivity index (χ0) is 9.78. The Morgan fingerprint density at radius 1 is 0.923 bits per heavy atom. The zero-order valence-corrected chi connectivity index (χ0v) is 8.54. The number of aldehydes is 1. The van der Waals surface area contributed by atoms with Gasteiger partial charge in [-0.25, -0.2) is 0 Å². The van der Waals surface area contributed by atoms with E-state index >= 15 is 0 Å². The van der Waals surface area contributed by atoms with Gasteiger partial charge in [-0.05, 0) is 26.2 Å². The monoisotopic (exact) mass is 180 g/mol. The Balaban J connectivity index is 3.03. The summed E-state index contributed by atoms with van der Waals surface area (Å²) in [5.74, 6) is 0. The number of allylic oxidation sites excluding steroid dienone is 4. The van der Waals surface area contributed by atoms with Gasteiger partial charge in [0, 0.05) is 6.42 Å². The molecule has 0 radical (unpaired) electrons. The maximum Gasteiger partial charge on any atom is 0.119 e. The summed E-state index contributed by atoms with van der Waals surface area (Å²) < 4.78 is 0. The van der Waals surface area contributed by atoms with Crippen LogP contribution in [0.1, 0.15) is 45.4 Å². The average Bonchev–Trinajstić information content (AvgIpc) is 2.16. The van der Waals surface area contributed by atoms with Gasteiger partial charge in [-0.2, -0.15) is 0 Å². The molecule has 1 nitrogen and oxygen atoms in total. The third kappa shape index (κ3) is 11.1. The maximum atomic E-state index is 9.99. The molecular weight excluding hydrogens is 160 g/mol. The van der Waals surface area contributed by atoms with Crippen molar-refractivity contribution in [3.63, 3.8) is 0 Å². The van der Waals surface area contributed by atoms with Crippen molar-refractivity contribution < 1.29 is 4.79 Å². The number of carbonyl (C=O) groups excluding carboxylic acids is 1. The van der Waals surface area contributed by atoms with E-state index in [-0.39, 0.29) is 0 Å². The van der Waals surface area contributed by atoms with E-state index in [0.29, 0.717) is 0 Å². The molecule has 0 N–H and O–H groups in total. The molecule has 0 heterocycles. The molecule has 74 valence electrons. The van der Waals surface area contributed by atoms with Crippen molar-refractivity contribution in [1.82, 2.24) is 0 Å². The molecule has 0 bridgehead atoms. The summed E-state index contributed by atoms with van der Waals surface area (Å²) in [6.07, 6.45) is 16.0. The Morgan fingerprint density at radius 2 is 1.62 bits per heavy atom. The summed E-state index contributed by atoms with van der Waals surface area (Å²) in [4.78, 5) is 9.99. The first-order valence-electron chi connectivity index (χ1n) is 5.13. The summed E-state index contributed by atoms with van der Waals surface area (Å²) in [5.41, 5.74) is 0. The SMILES string of the molecule is C/C=C/C=C\CCCCCCC=O. The number of carbonyl (C=O) groups is 1. The largest absolute Gasteiger partial charge is 0.303 e. The third-order valence-electron chi connectivity index (χ3n) is 1.88. The van der Waals surface area contributed by atoms with Crippen molar-refractivity contribution in [2.24, 2.45) is 0 Å². The van der Waals surface area contributed by atoms with Crippen molar-refractivity contribution in [1.29, 1.82) is 0 Å². The van der Waals surface area contributed by atoms with Crippen LogP contribution in [0.25, 0.3) is 0 Å². The molecule has 0 saturated heterocycles. The van der Waals surface area contributed by atoms with Gasteiger partial charge in [-0.15, -0.1) is 0 Å². The molecule has 0 rings (SSSR count). The van der Waals surface area contributed by atoms with Crippen LogP contribution in [0.4, 0.5) is 0 Å². The predicted octanol–water partition coefficient (Wildman–Crippen LogP) is 3.66. The van der Waals surface area contributed by atoms with Gasteiger partial charge in [-0.3, -0.25) is 0 Å². The molecule has 0 aliphatic rings. The lowest BCUT2D eigenvalue weighted by atomic mass is 10.1. The molecule has 0 aromatic heterocycles. The Labute approximate surface area is 81.5 Å². The molecule has 0 aliphatic carbocycles. The standard InChI is InChI=1S/C12H20O/c1-2-3-4-5-6-7-8-9-10-11-12-13/h2-5,12H,6-11H2,1H3/b3-2+,5-4-. The van der Waals surface area contributed by atoms with Gasteiger partial charge in [0.2, 0.25) is 0 Å². The lowest BCUT2D eigenvalue weighted by molar-refractivity contribution is -0.107. The second kappa shape index (κ2) is 11.2. The minimum absolute atomic E-state index is 0.731. The van der Waals surface area contributed by atoms with Crippen molar-refractivity contribution in [3.05, 3.63) is 24.3 Å². The van der Waals surface area contributed by atoms with E-state index < -0.39 is 0 Å². The predicted molar refractivity (Wildman–Crippen MR) is 57.7 cm³/mol. The highest BCUT2D eigenvalue weighted by Crippen LogP contribution is 2.04. The van der Waals surface area contributed by atoms with E-state index in [1.54, 1.807) is 0 Å². The molecule has 1 heteroatoms. The highest BCUT2D eigenvalue weighted by Gasteiger charge is 1.87. The van der Waals surface area contributed by atoms with Gasteiger partial charge < -0.3 is 4.79 Å². The van der Waals surface area contributed by atoms with Crippen LogP contribution in [0.15, 0.2) is 24.3 Å². The second-order valence-electron chi connectivity index (χ2n) is 3.11. The van der Waals surface area contributed by atoms with E-state index in [2.05, 4.69) is 12.2 Å². The first kappa shape index (κ1) is 12.2. The van der Waals surface area contributed by atoms with E-state index in [0.717, 1.165) is 25.5 Å². The van der Waals surface area contributed by atoms with Crippen LogP contribution in [-0.2, 0) is 4.79 Å². The lowest BCUT2D eigenvalue weighted by Gasteiger charge is -1.94. The van der Waals surface area contributed by atoms with Crippen LogP contribution in [0.2, 0.25) is 0 Å². The van der Waals surface area contributed by atoms with Gasteiger partial charge in [0.15, 0.2) is 0 Å². The normalized spacial score (nSPS) is 11.5. The Hall–Kier alpha value is -0.850. The first-order chi connectivity index (χ1) is 6.41. The summed E-state index contributed by atoms with van der Waals surface area (Å²) in [7, 11) is 0. The minimum atomic E-state index is 0.731. The maximum absolute atomic E-state index is 9.99. The van der Waals surface area contributed by atoms with Crippen molar-refractivity contribution >= 4 is 6.29 Å².